The van der Waals surface area contributed by atoms with E-state index in [1.165, 1.54) is 0 Å². The smallest absolute Gasteiger partial charge is 0.319 e. The van der Waals surface area contributed by atoms with Crippen LogP contribution < -0.4 is 15.4 Å². The van der Waals surface area contributed by atoms with Crippen LogP contribution in [0.5, 0.6) is 5.75 Å². The minimum Gasteiger partial charge on any atom is -0.494 e. The highest BCUT2D eigenvalue weighted by atomic mass is 35.5. The highest BCUT2D eigenvalue weighted by molar-refractivity contribution is 6.30. The number of halogens is 1. The van der Waals surface area contributed by atoms with Gasteiger partial charge in [0.25, 0.3) is 0 Å². The van der Waals surface area contributed by atoms with Crippen LogP contribution in [-0.4, -0.2) is 18.4 Å². The van der Waals surface area contributed by atoms with Crippen molar-refractivity contribution in [1.29, 1.82) is 0 Å². The van der Waals surface area contributed by atoms with Crippen LogP contribution >= 0.6 is 11.6 Å². The number of allylic oxidation sites excluding steroid dienone is 1. The molecule has 0 unspecified atom stereocenters. The van der Waals surface area contributed by atoms with Crippen molar-refractivity contribution in [2.24, 2.45) is 0 Å². The molecule has 2 aromatic carbocycles. The van der Waals surface area contributed by atoms with Crippen molar-refractivity contribution in [3.05, 3.63) is 76.0 Å². The zero-order valence-corrected chi connectivity index (χ0v) is 16.7. The molecule has 3 rings (SSSR count). The summed E-state index contributed by atoms with van der Waals surface area (Å²) >= 11 is 5.93. The van der Waals surface area contributed by atoms with Crippen LogP contribution in [0.4, 0.5) is 4.79 Å². The third-order valence-electron chi connectivity index (χ3n) is 4.60. The summed E-state index contributed by atoms with van der Waals surface area (Å²) in [7, 11) is 0. The van der Waals surface area contributed by atoms with Gasteiger partial charge >= 0.3 is 6.03 Å². The number of carbonyl (C=O) groups excluding carboxylic acids is 2. The van der Waals surface area contributed by atoms with Crippen molar-refractivity contribution in [2.75, 3.05) is 6.61 Å². The molecule has 2 amide bonds. The Kier molecular flexibility index (Phi) is 6.37. The lowest BCUT2D eigenvalue weighted by atomic mass is 9.89. The van der Waals surface area contributed by atoms with E-state index in [1.807, 2.05) is 24.3 Å². The topological polar surface area (TPSA) is 67.4 Å². The van der Waals surface area contributed by atoms with Gasteiger partial charge in [0.1, 0.15) is 5.75 Å². The third-order valence-corrected chi connectivity index (χ3v) is 4.85. The monoisotopic (exact) mass is 398 g/mol. The SMILES string of the molecule is CCCCOc1ccc([C@@H]2NC(=O)NC(C)=C2C(=O)c2ccc(Cl)cc2)cc1. The number of benzene rings is 2. The molecule has 1 aliphatic heterocycles. The molecule has 6 heteroatoms. The molecule has 0 aromatic heterocycles. The maximum Gasteiger partial charge on any atom is 0.319 e. The molecule has 1 aliphatic rings. The lowest BCUT2D eigenvalue weighted by Gasteiger charge is -2.28. The lowest BCUT2D eigenvalue weighted by Crippen LogP contribution is -2.45. The largest absolute Gasteiger partial charge is 0.494 e. The first-order valence-corrected chi connectivity index (χ1v) is 9.68. The molecular weight excluding hydrogens is 376 g/mol. The van der Waals surface area contributed by atoms with Crippen LogP contribution in [0, 0.1) is 0 Å². The van der Waals surface area contributed by atoms with Crippen LogP contribution in [0.3, 0.4) is 0 Å². The average molecular weight is 399 g/mol. The summed E-state index contributed by atoms with van der Waals surface area (Å²) in [5.74, 6) is 0.610. The summed E-state index contributed by atoms with van der Waals surface area (Å²) < 4.78 is 5.69. The zero-order valence-electron chi connectivity index (χ0n) is 15.9. The third kappa shape index (κ3) is 4.54. The summed E-state index contributed by atoms with van der Waals surface area (Å²) in [6.45, 7) is 4.51. The number of ether oxygens (including phenoxy) is 1. The van der Waals surface area contributed by atoms with Crippen LogP contribution in [0.1, 0.15) is 48.7 Å². The van der Waals surface area contributed by atoms with E-state index >= 15 is 0 Å². The van der Waals surface area contributed by atoms with Gasteiger partial charge in [-0.2, -0.15) is 0 Å². The van der Waals surface area contributed by atoms with Crippen molar-refractivity contribution >= 4 is 23.4 Å². The lowest BCUT2D eigenvalue weighted by molar-refractivity contribution is 0.102. The van der Waals surface area contributed by atoms with E-state index in [9.17, 15) is 9.59 Å². The van der Waals surface area contributed by atoms with Crippen molar-refractivity contribution in [3.8, 4) is 5.75 Å². The molecular formula is C22H23ClN2O3. The number of rotatable bonds is 7. The van der Waals surface area contributed by atoms with Gasteiger partial charge < -0.3 is 15.4 Å². The summed E-state index contributed by atoms with van der Waals surface area (Å²) in [6, 6.07) is 13.3. The van der Waals surface area contributed by atoms with Gasteiger partial charge in [-0.1, -0.05) is 37.1 Å². The molecule has 0 saturated heterocycles. The first kappa shape index (κ1) is 20.0. The molecule has 28 heavy (non-hydrogen) atoms. The van der Waals surface area contributed by atoms with Gasteiger partial charge in [-0.3, -0.25) is 4.79 Å². The van der Waals surface area contributed by atoms with E-state index < -0.39 is 6.04 Å². The standard InChI is InChI=1S/C22H23ClN2O3/c1-3-4-13-28-18-11-7-15(8-12-18)20-19(14(2)24-22(27)25-20)21(26)16-5-9-17(23)10-6-16/h5-12,20H,3-4,13H2,1-2H3,(H2,24,25,27)/t20-/m0/s1. The molecule has 0 saturated carbocycles. The molecule has 2 N–H and O–H groups in total. The number of hydrogen-bond donors (Lipinski definition) is 2. The molecule has 5 nitrogen and oxygen atoms in total. The van der Waals surface area contributed by atoms with Crippen molar-refractivity contribution < 1.29 is 14.3 Å². The maximum atomic E-state index is 13.1. The minimum absolute atomic E-state index is 0.157. The van der Waals surface area contributed by atoms with E-state index in [-0.39, 0.29) is 11.8 Å². The molecule has 2 aromatic rings. The minimum atomic E-state index is -0.540. The fourth-order valence-electron chi connectivity index (χ4n) is 3.09. The summed E-state index contributed by atoms with van der Waals surface area (Å²) in [4.78, 5) is 25.2. The zero-order chi connectivity index (χ0) is 20.1. The van der Waals surface area contributed by atoms with E-state index in [0.717, 1.165) is 24.2 Å². The van der Waals surface area contributed by atoms with Crippen LogP contribution in [-0.2, 0) is 0 Å². The highest BCUT2D eigenvalue weighted by Gasteiger charge is 2.31. The molecule has 0 radical (unpaired) electrons. The number of amides is 2. The first-order chi connectivity index (χ1) is 13.5. The fourth-order valence-corrected chi connectivity index (χ4v) is 3.22. The van der Waals surface area contributed by atoms with Crippen LogP contribution in [0.25, 0.3) is 0 Å². The van der Waals surface area contributed by atoms with E-state index in [0.29, 0.717) is 28.5 Å². The van der Waals surface area contributed by atoms with Gasteiger partial charge in [-0.15, -0.1) is 0 Å². The Balaban J connectivity index is 1.89. The van der Waals surface area contributed by atoms with E-state index in [1.54, 1.807) is 31.2 Å². The van der Waals surface area contributed by atoms with Crippen molar-refractivity contribution in [2.45, 2.75) is 32.7 Å². The number of nitrogens with one attached hydrogen (secondary N) is 2. The molecule has 1 atom stereocenters. The van der Waals surface area contributed by atoms with Crippen LogP contribution in [0.2, 0.25) is 5.02 Å². The number of urea groups is 1. The summed E-state index contributed by atoms with van der Waals surface area (Å²) in [6.07, 6.45) is 2.06. The Morgan fingerprint density at radius 2 is 1.79 bits per heavy atom. The molecule has 0 aliphatic carbocycles. The molecule has 0 spiro atoms. The quantitative estimate of drug-likeness (QED) is 0.507. The van der Waals surface area contributed by atoms with Gasteiger partial charge in [0, 0.05) is 21.9 Å². The van der Waals surface area contributed by atoms with E-state index in [4.69, 9.17) is 16.3 Å². The first-order valence-electron chi connectivity index (χ1n) is 9.31. The van der Waals surface area contributed by atoms with Gasteiger partial charge in [-0.05, 0) is 55.3 Å². The Morgan fingerprint density at radius 3 is 2.43 bits per heavy atom. The molecule has 146 valence electrons. The second kappa shape index (κ2) is 8.93. The van der Waals surface area contributed by atoms with Gasteiger partial charge in [0.2, 0.25) is 0 Å². The number of hydrogen-bond acceptors (Lipinski definition) is 3. The molecule has 0 bridgehead atoms. The van der Waals surface area contributed by atoms with Gasteiger partial charge in [0.05, 0.1) is 12.6 Å². The number of Topliss-reactive ketones (excluding diaryl/α,β-unsaturated/α-hetero) is 1. The predicted octanol–water partition coefficient (Wildman–Crippen LogP) is 5.03. The Morgan fingerprint density at radius 1 is 1.11 bits per heavy atom. The van der Waals surface area contributed by atoms with Crippen LogP contribution in [0.15, 0.2) is 59.8 Å². The van der Waals surface area contributed by atoms with Crippen molar-refractivity contribution in [3.63, 3.8) is 0 Å². The normalized spacial score (nSPS) is 16.4. The van der Waals surface area contributed by atoms with Gasteiger partial charge in [0.15, 0.2) is 5.78 Å². The van der Waals surface area contributed by atoms with Gasteiger partial charge in [-0.25, -0.2) is 4.79 Å². The summed E-state index contributed by atoms with van der Waals surface area (Å²) in [5, 5.41) is 6.11. The average Bonchev–Trinajstić information content (AvgIpc) is 2.68. The predicted molar refractivity (Wildman–Crippen MR) is 110 cm³/mol. The van der Waals surface area contributed by atoms with E-state index in [2.05, 4.69) is 17.6 Å². The van der Waals surface area contributed by atoms with Crippen molar-refractivity contribution in [1.82, 2.24) is 10.6 Å². The Hall–Kier alpha value is -2.79. The maximum absolute atomic E-state index is 13.1. The Labute approximate surface area is 169 Å². The number of ketones is 1. The number of unbranched alkanes of at least 4 members (excludes halogenated alkanes) is 1. The highest BCUT2D eigenvalue weighted by Crippen LogP contribution is 2.30. The molecule has 1 heterocycles. The second-order valence-electron chi connectivity index (χ2n) is 6.68. The second-order valence-corrected chi connectivity index (χ2v) is 7.11. The fraction of sp³-hybridized carbons (Fsp3) is 0.273. The molecule has 0 fully saturated rings. The summed E-state index contributed by atoms with van der Waals surface area (Å²) in [5.41, 5.74) is 2.37. The number of carbonyl (C=O) groups is 2. The Bertz CT molecular complexity index is 889.